The fourth-order valence-corrected chi connectivity index (χ4v) is 3.37. The van der Waals surface area contributed by atoms with Crippen LogP contribution < -0.4 is 10.9 Å². The highest BCUT2D eigenvalue weighted by molar-refractivity contribution is 6.34. The smallest absolute Gasteiger partial charge is 0.274 e. The number of rotatable bonds is 3. The van der Waals surface area contributed by atoms with Crippen LogP contribution in [0, 0.1) is 5.92 Å². The van der Waals surface area contributed by atoms with Crippen LogP contribution >= 0.6 is 11.6 Å². The van der Waals surface area contributed by atoms with Crippen molar-refractivity contribution in [3.63, 3.8) is 0 Å². The van der Waals surface area contributed by atoms with Crippen molar-refractivity contribution in [1.82, 2.24) is 9.47 Å². The summed E-state index contributed by atoms with van der Waals surface area (Å²) in [6.45, 7) is 3.57. The minimum atomic E-state index is -0.492. The van der Waals surface area contributed by atoms with E-state index < -0.39 is 5.91 Å². The van der Waals surface area contributed by atoms with E-state index in [0.29, 0.717) is 29.6 Å². The molecule has 1 aliphatic heterocycles. The van der Waals surface area contributed by atoms with Gasteiger partial charge in [0.25, 0.3) is 17.4 Å². The van der Waals surface area contributed by atoms with Gasteiger partial charge in [0.1, 0.15) is 5.69 Å². The highest BCUT2D eigenvalue weighted by atomic mass is 35.5. The lowest BCUT2D eigenvalue weighted by molar-refractivity contribution is 0.0696. The first-order valence-electron chi connectivity index (χ1n) is 8.92. The third-order valence-corrected chi connectivity index (χ3v) is 5.20. The molecule has 0 aliphatic carbocycles. The van der Waals surface area contributed by atoms with E-state index >= 15 is 0 Å². The molecule has 0 saturated carbocycles. The van der Waals surface area contributed by atoms with E-state index in [1.165, 1.54) is 16.8 Å². The number of aromatic nitrogens is 1. The number of likely N-dealkylation sites (tertiary alicyclic amines) is 1. The molecule has 27 heavy (non-hydrogen) atoms. The van der Waals surface area contributed by atoms with Gasteiger partial charge in [-0.15, -0.1) is 0 Å². The largest absolute Gasteiger partial charge is 0.339 e. The molecule has 0 radical (unpaired) electrons. The molecule has 1 N–H and O–H groups in total. The van der Waals surface area contributed by atoms with Gasteiger partial charge >= 0.3 is 0 Å². The second-order valence-corrected chi connectivity index (χ2v) is 7.37. The molecule has 1 aromatic carbocycles. The lowest BCUT2D eigenvalue weighted by atomic mass is 9.99. The zero-order chi connectivity index (χ0) is 19.6. The van der Waals surface area contributed by atoms with Crippen molar-refractivity contribution in [3.8, 4) is 0 Å². The predicted molar refractivity (Wildman–Crippen MR) is 105 cm³/mol. The Morgan fingerprint density at radius 3 is 2.52 bits per heavy atom. The number of hydrogen-bond acceptors (Lipinski definition) is 3. The van der Waals surface area contributed by atoms with E-state index in [0.717, 1.165) is 12.8 Å². The average Bonchev–Trinajstić information content (AvgIpc) is 2.65. The van der Waals surface area contributed by atoms with Gasteiger partial charge in [0.15, 0.2) is 0 Å². The van der Waals surface area contributed by atoms with E-state index in [1.54, 1.807) is 36.2 Å². The number of pyridine rings is 1. The molecule has 2 amide bonds. The van der Waals surface area contributed by atoms with Crippen LogP contribution in [0.15, 0.2) is 41.3 Å². The summed E-state index contributed by atoms with van der Waals surface area (Å²) in [5, 5.41) is 2.88. The zero-order valence-corrected chi connectivity index (χ0v) is 16.1. The number of aryl methyl sites for hydroxylation is 1. The van der Waals surface area contributed by atoms with Gasteiger partial charge in [-0.05, 0) is 37.0 Å². The van der Waals surface area contributed by atoms with E-state index in [9.17, 15) is 14.4 Å². The maximum atomic E-state index is 12.8. The molecule has 6 nitrogen and oxygen atoms in total. The molecule has 3 rings (SSSR count). The Morgan fingerprint density at radius 1 is 1.19 bits per heavy atom. The third-order valence-electron chi connectivity index (χ3n) is 4.87. The summed E-state index contributed by atoms with van der Waals surface area (Å²) in [7, 11) is 1.56. The molecule has 2 heterocycles. The van der Waals surface area contributed by atoms with Gasteiger partial charge in [-0.1, -0.05) is 30.7 Å². The van der Waals surface area contributed by atoms with Gasteiger partial charge < -0.3 is 14.8 Å². The van der Waals surface area contributed by atoms with Crippen molar-refractivity contribution in [1.29, 1.82) is 0 Å². The summed E-state index contributed by atoms with van der Waals surface area (Å²) in [5.74, 6) is -0.0144. The van der Waals surface area contributed by atoms with Crippen molar-refractivity contribution in [2.45, 2.75) is 19.8 Å². The van der Waals surface area contributed by atoms with Crippen LogP contribution in [0.3, 0.4) is 0 Å². The van der Waals surface area contributed by atoms with E-state index in [-0.39, 0.29) is 22.7 Å². The minimum Gasteiger partial charge on any atom is -0.339 e. The Labute approximate surface area is 162 Å². The first-order valence-corrected chi connectivity index (χ1v) is 9.30. The first-order chi connectivity index (χ1) is 12.9. The fourth-order valence-electron chi connectivity index (χ4n) is 3.15. The van der Waals surface area contributed by atoms with Crippen LogP contribution in [-0.2, 0) is 7.05 Å². The number of hydrogen-bond donors (Lipinski definition) is 1. The molecule has 1 fully saturated rings. The van der Waals surface area contributed by atoms with Gasteiger partial charge in [-0.25, -0.2) is 0 Å². The molecule has 0 spiro atoms. The number of nitrogens with zero attached hydrogens (tertiary/aromatic N) is 2. The highest BCUT2D eigenvalue weighted by Crippen LogP contribution is 2.20. The Bertz CT molecular complexity index is 930. The summed E-state index contributed by atoms with van der Waals surface area (Å²) in [6.07, 6.45) is 3.44. The molecule has 142 valence electrons. The lowest BCUT2D eigenvalue weighted by Crippen LogP contribution is -2.38. The van der Waals surface area contributed by atoms with Crippen LogP contribution in [0.5, 0.6) is 0 Å². The van der Waals surface area contributed by atoms with E-state index in [1.807, 2.05) is 0 Å². The first kappa shape index (κ1) is 19.2. The van der Waals surface area contributed by atoms with Gasteiger partial charge in [-0.3, -0.25) is 14.4 Å². The Hall–Kier alpha value is -2.60. The maximum absolute atomic E-state index is 12.8. The van der Waals surface area contributed by atoms with Gasteiger partial charge in [0, 0.05) is 26.3 Å². The van der Waals surface area contributed by atoms with Crippen LogP contribution in [0.25, 0.3) is 0 Å². The standard InChI is InChI=1S/C20H22ClN3O3/c1-13-7-9-24(10-8-13)19(26)14-11-17(20(27)23(2)12-14)22-18(25)15-5-3-4-6-16(15)21/h3-6,11-13H,7-10H2,1-2H3,(H,22,25). The van der Waals surface area contributed by atoms with Crippen LogP contribution in [0.2, 0.25) is 5.02 Å². The molecule has 1 aliphatic rings. The van der Waals surface area contributed by atoms with Crippen molar-refractivity contribution < 1.29 is 9.59 Å². The normalized spacial score (nSPS) is 14.9. The summed E-state index contributed by atoms with van der Waals surface area (Å²) < 4.78 is 1.31. The topological polar surface area (TPSA) is 71.4 Å². The maximum Gasteiger partial charge on any atom is 0.274 e. The number of amides is 2. The van der Waals surface area contributed by atoms with E-state index in [2.05, 4.69) is 12.2 Å². The predicted octanol–water partition coefficient (Wildman–Crippen LogP) is 3.16. The lowest BCUT2D eigenvalue weighted by Gasteiger charge is -2.30. The number of nitrogens with one attached hydrogen (secondary N) is 1. The third kappa shape index (κ3) is 4.22. The van der Waals surface area contributed by atoms with Crippen LogP contribution in [0.4, 0.5) is 5.69 Å². The van der Waals surface area contributed by atoms with Crippen molar-refractivity contribution in [3.05, 3.63) is 63.0 Å². The average molecular weight is 388 g/mol. The molecule has 0 unspecified atom stereocenters. The minimum absolute atomic E-state index is 0.0543. The quantitative estimate of drug-likeness (QED) is 0.879. The number of carbonyl (C=O) groups excluding carboxylic acids is 2. The highest BCUT2D eigenvalue weighted by Gasteiger charge is 2.23. The molecule has 0 atom stereocenters. The molecule has 0 bridgehead atoms. The fraction of sp³-hybridized carbons (Fsp3) is 0.350. The summed E-state index contributed by atoms with van der Waals surface area (Å²) >= 11 is 6.05. The Morgan fingerprint density at radius 2 is 1.85 bits per heavy atom. The van der Waals surface area contributed by atoms with Crippen LogP contribution in [0.1, 0.15) is 40.5 Å². The van der Waals surface area contributed by atoms with Crippen molar-refractivity contribution in [2.75, 3.05) is 18.4 Å². The summed E-state index contributed by atoms with van der Waals surface area (Å²) in [5.41, 5.74) is 0.307. The number of halogens is 1. The van der Waals surface area contributed by atoms with E-state index in [4.69, 9.17) is 11.6 Å². The molecule has 2 aromatic rings. The van der Waals surface area contributed by atoms with Crippen LogP contribution in [-0.4, -0.2) is 34.4 Å². The zero-order valence-electron chi connectivity index (χ0n) is 15.4. The summed E-state index contributed by atoms with van der Waals surface area (Å²) in [4.78, 5) is 39.5. The SMILES string of the molecule is CC1CCN(C(=O)c2cc(NC(=O)c3ccccc3Cl)c(=O)n(C)c2)CC1. The van der Waals surface area contributed by atoms with Crippen molar-refractivity contribution >= 4 is 29.1 Å². The molecular weight excluding hydrogens is 366 g/mol. The molecule has 7 heteroatoms. The number of piperidine rings is 1. The Kier molecular flexibility index (Phi) is 5.65. The Balaban J connectivity index is 1.86. The summed E-state index contributed by atoms with van der Waals surface area (Å²) in [6, 6.07) is 8.03. The molecule has 1 saturated heterocycles. The number of carbonyl (C=O) groups is 2. The molecule has 1 aromatic heterocycles. The van der Waals surface area contributed by atoms with Crippen molar-refractivity contribution in [2.24, 2.45) is 13.0 Å². The van der Waals surface area contributed by atoms with Gasteiger partial charge in [-0.2, -0.15) is 0 Å². The number of benzene rings is 1. The number of anilines is 1. The molecular formula is C20H22ClN3O3. The monoisotopic (exact) mass is 387 g/mol. The second kappa shape index (κ2) is 7.96. The second-order valence-electron chi connectivity index (χ2n) is 6.97. The van der Waals surface area contributed by atoms with Gasteiger partial charge in [0.2, 0.25) is 0 Å². The van der Waals surface area contributed by atoms with Gasteiger partial charge in [0.05, 0.1) is 16.1 Å².